The van der Waals surface area contributed by atoms with Crippen molar-refractivity contribution < 1.29 is 14.3 Å². The number of carbonyl (C=O) groups excluding carboxylic acids is 2. The van der Waals surface area contributed by atoms with Gasteiger partial charge < -0.3 is 25.2 Å². The Morgan fingerprint density at radius 2 is 1.96 bits per heavy atom. The first kappa shape index (κ1) is 20.5. The fourth-order valence-corrected chi connectivity index (χ4v) is 3.66. The van der Waals surface area contributed by atoms with E-state index in [1.165, 1.54) is 4.90 Å². The minimum absolute atomic E-state index is 0.0971. The summed E-state index contributed by atoms with van der Waals surface area (Å²) in [5, 5.41) is 5.85. The van der Waals surface area contributed by atoms with Crippen LogP contribution in [-0.2, 0) is 4.74 Å². The number of rotatable bonds is 5. The van der Waals surface area contributed by atoms with Gasteiger partial charge in [-0.1, -0.05) is 6.92 Å². The molecule has 3 amide bonds. The second-order valence-corrected chi connectivity index (χ2v) is 8.07. The maximum absolute atomic E-state index is 13.0. The Labute approximate surface area is 167 Å². The van der Waals surface area contributed by atoms with Crippen LogP contribution >= 0.6 is 0 Å². The highest BCUT2D eigenvalue weighted by molar-refractivity contribution is 6.02. The van der Waals surface area contributed by atoms with E-state index in [0.29, 0.717) is 23.7 Å². The normalized spacial score (nSPS) is 20.1. The van der Waals surface area contributed by atoms with E-state index in [1.54, 1.807) is 20.2 Å². The highest BCUT2D eigenvalue weighted by Gasteiger charge is 2.23. The van der Waals surface area contributed by atoms with E-state index >= 15 is 0 Å². The first-order valence-electron chi connectivity index (χ1n) is 10.2. The number of piperidine rings is 1. The van der Waals surface area contributed by atoms with E-state index < -0.39 is 0 Å². The van der Waals surface area contributed by atoms with Gasteiger partial charge in [0.1, 0.15) is 0 Å². The molecular formula is C21H32N4O3. The molecule has 1 aromatic rings. The zero-order valence-electron chi connectivity index (χ0n) is 17.2. The molecule has 0 radical (unpaired) electrons. The molecule has 2 aliphatic heterocycles. The van der Waals surface area contributed by atoms with Crippen LogP contribution in [0.3, 0.4) is 0 Å². The van der Waals surface area contributed by atoms with Crippen molar-refractivity contribution in [3.63, 3.8) is 0 Å². The summed E-state index contributed by atoms with van der Waals surface area (Å²) >= 11 is 0. The van der Waals surface area contributed by atoms with Gasteiger partial charge in [0.05, 0.1) is 11.7 Å². The van der Waals surface area contributed by atoms with Crippen molar-refractivity contribution in [2.45, 2.75) is 38.7 Å². The Morgan fingerprint density at radius 1 is 1.21 bits per heavy atom. The Kier molecular flexibility index (Phi) is 6.78. The largest absolute Gasteiger partial charge is 0.376 e. The third-order valence-corrected chi connectivity index (χ3v) is 5.54. The number of ether oxygens (including phenoxy) is 1. The Morgan fingerprint density at radius 3 is 2.61 bits per heavy atom. The van der Waals surface area contributed by atoms with Crippen molar-refractivity contribution in [1.82, 2.24) is 10.2 Å². The lowest BCUT2D eigenvalue weighted by molar-refractivity contribution is 0.0858. The van der Waals surface area contributed by atoms with E-state index in [9.17, 15) is 9.59 Å². The summed E-state index contributed by atoms with van der Waals surface area (Å²) < 4.78 is 5.61. The van der Waals surface area contributed by atoms with Crippen molar-refractivity contribution in [1.29, 1.82) is 0 Å². The summed E-state index contributed by atoms with van der Waals surface area (Å²) in [6, 6.07) is 5.37. The predicted molar refractivity (Wildman–Crippen MR) is 111 cm³/mol. The minimum Gasteiger partial charge on any atom is -0.376 e. The third kappa shape index (κ3) is 5.16. The maximum atomic E-state index is 13.0. The number of hydrogen-bond donors (Lipinski definition) is 2. The van der Waals surface area contributed by atoms with Crippen LogP contribution in [0.5, 0.6) is 0 Å². The second-order valence-electron chi connectivity index (χ2n) is 8.07. The van der Waals surface area contributed by atoms with Gasteiger partial charge in [-0.05, 0) is 49.8 Å². The van der Waals surface area contributed by atoms with Crippen LogP contribution in [0, 0.1) is 5.92 Å². The highest BCUT2D eigenvalue weighted by atomic mass is 16.5. The molecule has 0 aromatic heterocycles. The summed E-state index contributed by atoms with van der Waals surface area (Å²) in [6.45, 7) is 5.44. The zero-order valence-corrected chi connectivity index (χ0v) is 17.2. The van der Waals surface area contributed by atoms with Crippen molar-refractivity contribution in [3.8, 4) is 0 Å². The van der Waals surface area contributed by atoms with Gasteiger partial charge in [-0.25, -0.2) is 4.79 Å². The van der Waals surface area contributed by atoms with Gasteiger partial charge in [0.2, 0.25) is 0 Å². The van der Waals surface area contributed by atoms with Gasteiger partial charge in [0.25, 0.3) is 5.91 Å². The molecule has 28 heavy (non-hydrogen) atoms. The monoisotopic (exact) mass is 388 g/mol. The first-order chi connectivity index (χ1) is 13.4. The van der Waals surface area contributed by atoms with Crippen LogP contribution in [0.2, 0.25) is 0 Å². The fraction of sp³-hybridized carbons (Fsp3) is 0.619. The van der Waals surface area contributed by atoms with Gasteiger partial charge in [0, 0.05) is 51.7 Å². The number of nitrogens with zero attached hydrogens (tertiary/aromatic N) is 2. The highest BCUT2D eigenvalue weighted by Crippen LogP contribution is 2.29. The lowest BCUT2D eigenvalue weighted by Crippen LogP contribution is -2.36. The summed E-state index contributed by atoms with van der Waals surface area (Å²) in [4.78, 5) is 28.7. The summed E-state index contributed by atoms with van der Waals surface area (Å²) in [6.07, 6.45) is 4.37. The standard InChI is InChI=1S/C21H32N4O3/c1-15-8-10-25(11-9-15)19-7-6-16(23-21(27)24(2)3)13-18(19)20(26)22-14-17-5-4-12-28-17/h6-7,13,15,17H,4-5,8-12,14H2,1-3H3,(H,22,26)(H,23,27). The number of urea groups is 1. The Hall–Kier alpha value is -2.28. The summed E-state index contributed by atoms with van der Waals surface area (Å²) in [5.74, 6) is 0.594. The minimum atomic E-state index is -0.217. The lowest BCUT2D eigenvalue weighted by Gasteiger charge is -2.33. The first-order valence-corrected chi connectivity index (χ1v) is 10.2. The summed E-state index contributed by atoms with van der Waals surface area (Å²) in [5.41, 5.74) is 2.15. The molecular weight excluding hydrogens is 356 g/mol. The topological polar surface area (TPSA) is 73.9 Å². The van der Waals surface area contributed by atoms with Crippen LogP contribution in [0.25, 0.3) is 0 Å². The molecule has 0 aliphatic carbocycles. The molecule has 2 heterocycles. The summed E-state index contributed by atoms with van der Waals surface area (Å²) in [7, 11) is 3.38. The van der Waals surface area contributed by atoms with Gasteiger partial charge >= 0.3 is 6.03 Å². The molecule has 7 nitrogen and oxygen atoms in total. The molecule has 154 valence electrons. The van der Waals surface area contributed by atoms with Crippen LogP contribution in [-0.4, -0.2) is 63.3 Å². The third-order valence-electron chi connectivity index (χ3n) is 5.54. The number of nitrogens with one attached hydrogen (secondary N) is 2. The average Bonchev–Trinajstić information content (AvgIpc) is 3.20. The molecule has 1 aromatic carbocycles. The van der Waals surface area contributed by atoms with E-state index in [0.717, 1.165) is 51.1 Å². The molecule has 0 saturated carbocycles. The van der Waals surface area contributed by atoms with Crippen molar-refractivity contribution >= 4 is 23.3 Å². The number of amides is 3. The molecule has 0 spiro atoms. The number of benzene rings is 1. The molecule has 1 atom stereocenters. The SMILES string of the molecule is CC1CCN(c2ccc(NC(=O)N(C)C)cc2C(=O)NCC2CCCO2)CC1. The van der Waals surface area contributed by atoms with E-state index in [-0.39, 0.29) is 18.0 Å². The van der Waals surface area contributed by atoms with E-state index in [1.807, 2.05) is 12.1 Å². The second kappa shape index (κ2) is 9.28. The Balaban J connectivity index is 1.78. The quantitative estimate of drug-likeness (QED) is 0.813. The van der Waals surface area contributed by atoms with Crippen LogP contribution in [0.1, 0.15) is 43.0 Å². The van der Waals surface area contributed by atoms with Crippen molar-refractivity contribution in [2.75, 3.05) is 50.6 Å². The predicted octanol–water partition coefficient (Wildman–Crippen LogP) is 2.93. The smallest absolute Gasteiger partial charge is 0.321 e. The molecule has 0 bridgehead atoms. The molecule has 3 rings (SSSR count). The van der Waals surface area contributed by atoms with E-state index in [2.05, 4.69) is 22.5 Å². The number of anilines is 2. The zero-order chi connectivity index (χ0) is 20.1. The average molecular weight is 389 g/mol. The number of hydrogen-bond acceptors (Lipinski definition) is 4. The molecule has 2 aliphatic rings. The molecule has 1 unspecified atom stereocenters. The molecule has 7 heteroatoms. The molecule has 2 N–H and O–H groups in total. The van der Waals surface area contributed by atoms with Gasteiger partial charge in [-0.2, -0.15) is 0 Å². The maximum Gasteiger partial charge on any atom is 0.321 e. The van der Waals surface area contributed by atoms with Crippen LogP contribution in [0.15, 0.2) is 18.2 Å². The molecule has 2 fully saturated rings. The lowest BCUT2D eigenvalue weighted by atomic mass is 9.97. The van der Waals surface area contributed by atoms with Crippen molar-refractivity contribution in [3.05, 3.63) is 23.8 Å². The van der Waals surface area contributed by atoms with Crippen LogP contribution < -0.4 is 15.5 Å². The van der Waals surface area contributed by atoms with Gasteiger partial charge in [0.15, 0.2) is 0 Å². The molecule has 2 saturated heterocycles. The van der Waals surface area contributed by atoms with E-state index in [4.69, 9.17) is 4.74 Å². The Bertz CT molecular complexity index is 693. The van der Waals surface area contributed by atoms with Gasteiger partial charge in [-0.3, -0.25) is 4.79 Å². The number of carbonyl (C=O) groups is 2. The van der Waals surface area contributed by atoms with Crippen molar-refractivity contribution in [2.24, 2.45) is 5.92 Å². The van der Waals surface area contributed by atoms with Crippen LogP contribution in [0.4, 0.5) is 16.2 Å². The van der Waals surface area contributed by atoms with Gasteiger partial charge in [-0.15, -0.1) is 0 Å². The fourth-order valence-electron chi connectivity index (χ4n) is 3.66.